The first-order chi connectivity index (χ1) is 10.3. The first-order valence-corrected chi connectivity index (χ1v) is 8.52. The van der Waals surface area contributed by atoms with Gasteiger partial charge in [-0.15, -0.1) is 0 Å². The summed E-state index contributed by atoms with van der Waals surface area (Å²) in [6.07, 6.45) is 11.4. The number of allylic oxidation sites excluding steroid dienone is 5. The standard InChI is InChI=1S/C20H28O2/c1-13(12-21)6-5-10-19(3)16-8-7-14(2)15-9-11-20(4,22)17(15)18(16)19/h5-6,10,12,15-18,22H,2,7-9,11H2,1,3-4H3. The molecular formula is C20H28O2. The maximum absolute atomic E-state index is 10.9. The molecule has 0 aromatic carbocycles. The summed E-state index contributed by atoms with van der Waals surface area (Å²) < 4.78 is 0. The predicted octanol–water partition coefficient (Wildman–Crippen LogP) is 4.07. The van der Waals surface area contributed by atoms with Crippen LogP contribution in [0.25, 0.3) is 0 Å². The van der Waals surface area contributed by atoms with E-state index in [4.69, 9.17) is 0 Å². The molecule has 3 rings (SSSR count). The predicted molar refractivity (Wildman–Crippen MR) is 89.3 cm³/mol. The molecule has 1 N–H and O–H groups in total. The van der Waals surface area contributed by atoms with E-state index in [0.717, 1.165) is 31.1 Å². The van der Waals surface area contributed by atoms with E-state index < -0.39 is 5.60 Å². The molecule has 3 aliphatic rings. The van der Waals surface area contributed by atoms with Gasteiger partial charge < -0.3 is 5.11 Å². The van der Waals surface area contributed by atoms with E-state index in [1.807, 2.05) is 26.0 Å². The van der Waals surface area contributed by atoms with Crippen LogP contribution in [0, 0.1) is 29.1 Å². The third-order valence-corrected chi connectivity index (χ3v) is 6.64. The van der Waals surface area contributed by atoms with Crippen LogP contribution in [0.15, 0.2) is 36.0 Å². The summed E-state index contributed by atoms with van der Waals surface area (Å²) in [6, 6.07) is 0. The lowest BCUT2D eigenvalue weighted by Crippen LogP contribution is -2.35. The van der Waals surface area contributed by atoms with Crippen LogP contribution in [-0.2, 0) is 4.79 Å². The molecular weight excluding hydrogens is 272 g/mol. The van der Waals surface area contributed by atoms with Gasteiger partial charge in [-0.2, -0.15) is 0 Å². The Kier molecular flexibility index (Phi) is 3.71. The molecule has 3 fully saturated rings. The summed E-state index contributed by atoms with van der Waals surface area (Å²) in [7, 11) is 0. The van der Waals surface area contributed by atoms with Gasteiger partial charge in [0.2, 0.25) is 0 Å². The van der Waals surface area contributed by atoms with E-state index in [1.54, 1.807) is 0 Å². The Hall–Kier alpha value is -1.15. The average Bonchev–Trinajstić information content (AvgIpc) is 2.95. The van der Waals surface area contributed by atoms with Crippen LogP contribution < -0.4 is 0 Å². The molecule has 22 heavy (non-hydrogen) atoms. The van der Waals surface area contributed by atoms with E-state index in [-0.39, 0.29) is 5.41 Å². The van der Waals surface area contributed by atoms with Gasteiger partial charge in [-0.1, -0.05) is 37.3 Å². The van der Waals surface area contributed by atoms with Crippen LogP contribution in [0.4, 0.5) is 0 Å². The quantitative estimate of drug-likeness (QED) is 0.369. The fourth-order valence-electron chi connectivity index (χ4n) is 5.32. The Balaban J connectivity index is 1.86. The smallest absolute Gasteiger partial charge is 0.145 e. The number of carbonyl (C=O) groups excluding carboxylic acids is 1. The Morgan fingerprint density at radius 2 is 2.05 bits per heavy atom. The number of rotatable bonds is 3. The van der Waals surface area contributed by atoms with Crippen LogP contribution in [0.5, 0.6) is 0 Å². The number of fused-ring (bicyclic) bond motifs is 3. The van der Waals surface area contributed by atoms with Crippen molar-refractivity contribution in [2.75, 3.05) is 0 Å². The van der Waals surface area contributed by atoms with Gasteiger partial charge in [-0.05, 0) is 74.2 Å². The van der Waals surface area contributed by atoms with Crippen LogP contribution in [0.3, 0.4) is 0 Å². The molecule has 6 unspecified atom stereocenters. The number of hydrogen-bond donors (Lipinski definition) is 1. The monoisotopic (exact) mass is 300 g/mol. The topological polar surface area (TPSA) is 37.3 Å². The van der Waals surface area contributed by atoms with Gasteiger partial charge in [0.25, 0.3) is 0 Å². The zero-order valence-corrected chi connectivity index (χ0v) is 14.0. The number of aldehydes is 1. The largest absolute Gasteiger partial charge is 0.390 e. The van der Waals surface area contributed by atoms with Gasteiger partial charge in [0.05, 0.1) is 5.60 Å². The highest BCUT2D eigenvalue weighted by Gasteiger charge is 2.68. The van der Waals surface area contributed by atoms with Crippen molar-refractivity contribution in [3.05, 3.63) is 36.0 Å². The van der Waals surface area contributed by atoms with Gasteiger partial charge in [0, 0.05) is 0 Å². The summed E-state index contributed by atoms with van der Waals surface area (Å²) in [4.78, 5) is 10.7. The average molecular weight is 300 g/mol. The van der Waals surface area contributed by atoms with Gasteiger partial charge in [-0.25, -0.2) is 0 Å². The lowest BCUT2D eigenvalue weighted by Gasteiger charge is -2.31. The van der Waals surface area contributed by atoms with Crippen molar-refractivity contribution in [2.45, 2.75) is 52.1 Å². The highest BCUT2D eigenvalue weighted by Crippen LogP contribution is 2.72. The van der Waals surface area contributed by atoms with Crippen LogP contribution >= 0.6 is 0 Å². The Morgan fingerprint density at radius 3 is 2.73 bits per heavy atom. The number of aliphatic hydroxyl groups is 1. The minimum Gasteiger partial charge on any atom is -0.390 e. The molecule has 0 heterocycles. The van der Waals surface area contributed by atoms with E-state index in [1.165, 1.54) is 12.0 Å². The second-order valence-corrected chi connectivity index (χ2v) is 8.11. The minimum atomic E-state index is -0.555. The molecule has 0 spiro atoms. The first kappa shape index (κ1) is 15.7. The molecule has 120 valence electrons. The third-order valence-electron chi connectivity index (χ3n) is 6.64. The second-order valence-electron chi connectivity index (χ2n) is 8.11. The number of carbonyl (C=O) groups is 1. The normalized spacial score (nSPS) is 48.0. The van der Waals surface area contributed by atoms with Crippen LogP contribution in [-0.4, -0.2) is 17.0 Å². The van der Waals surface area contributed by atoms with Gasteiger partial charge >= 0.3 is 0 Å². The van der Waals surface area contributed by atoms with Crippen molar-refractivity contribution >= 4 is 6.29 Å². The van der Waals surface area contributed by atoms with Crippen LogP contribution in [0.2, 0.25) is 0 Å². The van der Waals surface area contributed by atoms with Gasteiger partial charge in [0.15, 0.2) is 0 Å². The van der Waals surface area contributed by atoms with E-state index in [0.29, 0.717) is 23.7 Å². The second kappa shape index (κ2) is 5.19. The van der Waals surface area contributed by atoms with Crippen molar-refractivity contribution in [1.29, 1.82) is 0 Å². The third kappa shape index (κ3) is 2.32. The van der Waals surface area contributed by atoms with Crippen molar-refractivity contribution in [3.63, 3.8) is 0 Å². The zero-order valence-electron chi connectivity index (χ0n) is 14.0. The summed E-state index contributed by atoms with van der Waals surface area (Å²) in [5, 5.41) is 10.9. The lowest BCUT2D eigenvalue weighted by atomic mass is 9.77. The minimum absolute atomic E-state index is 0.164. The fraction of sp³-hybridized carbons (Fsp3) is 0.650. The highest BCUT2D eigenvalue weighted by atomic mass is 16.3. The van der Waals surface area contributed by atoms with Crippen molar-refractivity contribution in [3.8, 4) is 0 Å². The maximum atomic E-state index is 10.9. The van der Waals surface area contributed by atoms with Crippen LogP contribution in [0.1, 0.15) is 46.5 Å². The Bertz CT molecular complexity index is 554. The number of hydrogen-bond acceptors (Lipinski definition) is 2. The molecule has 2 nitrogen and oxygen atoms in total. The fourth-order valence-corrected chi connectivity index (χ4v) is 5.32. The van der Waals surface area contributed by atoms with Crippen molar-refractivity contribution < 1.29 is 9.90 Å². The molecule has 0 radical (unpaired) electrons. The van der Waals surface area contributed by atoms with Crippen molar-refractivity contribution in [1.82, 2.24) is 0 Å². The molecule has 0 aliphatic heterocycles. The Morgan fingerprint density at radius 1 is 1.32 bits per heavy atom. The van der Waals surface area contributed by atoms with Gasteiger partial charge in [-0.3, -0.25) is 4.79 Å². The molecule has 3 saturated carbocycles. The van der Waals surface area contributed by atoms with Crippen molar-refractivity contribution in [2.24, 2.45) is 29.1 Å². The molecule has 0 aromatic rings. The zero-order chi connectivity index (χ0) is 16.1. The van der Waals surface area contributed by atoms with Gasteiger partial charge in [0.1, 0.15) is 6.29 Å². The Labute approximate surface area is 134 Å². The molecule has 0 bridgehead atoms. The molecule has 2 heteroatoms. The molecule has 0 saturated heterocycles. The maximum Gasteiger partial charge on any atom is 0.145 e. The first-order valence-electron chi connectivity index (χ1n) is 8.52. The molecule has 6 atom stereocenters. The lowest BCUT2D eigenvalue weighted by molar-refractivity contribution is -0.104. The molecule has 3 aliphatic carbocycles. The highest BCUT2D eigenvalue weighted by molar-refractivity contribution is 5.72. The summed E-state index contributed by atoms with van der Waals surface area (Å²) in [6.45, 7) is 10.5. The summed E-state index contributed by atoms with van der Waals surface area (Å²) in [5.74, 6) is 2.03. The van der Waals surface area contributed by atoms with E-state index >= 15 is 0 Å². The molecule has 0 aromatic heterocycles. The summed E-state index contributed by atoms with van der Waals surface area (Å²) >= 11 is 0. The summed E-state index contributed by atoms with van der Waals surface area (Å²) in [5.41, 5.74) is 1.72. The SMILES string of the molecule is C=C1CCC2C(C3C1CCC3(C)O)C2(C)C=CC=C(C)C=O. The van der Waals surface area contributed by atoms with E-state index in [2.05, 4.69) is 19.6 Å². The van der Waals surface area contributed by atoms with E-state index in [9.17, 15) is 9.90 Å². The molecule has 0 amide bonds.